The number of hydrogen-bond donors (Lipinski definition) is 1. The molecule has 1 rings (SSSR count). The fourth-order valence-corrected chi connectivity index (χ4v) is 1.46. The molecule has 1 N–H and O–H groups in total. The number of aryl methyl sites for hydroxylation is 1. The van der Waals surface area contributed by atoms with Crippen molar-refractivity contribution in [2.75, 3.05) is 20.2 Å². The number of aliphatic hydroxyl groups is 1. The predicted octanol–water partition coefficient (Wildman–Crippen LogP) is 1.34. The van der Waals surface area contributed by atoms with Crippen molar-refractivity contribution < 1.29 is 14.6 Å². The molecule has 0 aliphatic carbocycles. The lowest BCUT2D eigenvalue weighted by molar-refractivity contribution is -0.131. The maximum Gasteiger partial charge on any atom is 0.260 e. The van der Waals surface area contributed by atoms with Crippen LogP contribution < -0.4 is 4.74 Å². The molecule has 0 saturated carbocycles. The first-order valence-corrected chi connectivity index (χ1v) is 5.66. The van der Waals surface area contributed by atoms with E-state index in [-0.39, 0.29) is 19.1 Å². The Morgan fingerprint density at radius 1 is 1.47 bits per heavy atom. The lowest BCUT2D eigenvalue weighted by Crippen LogP contribution is -2.31. The second kappa shape index (κ2) is 6.25. The molecular weight excluding hydrogens is 218 g/mol. The van der Waals surface area contributed by atoms with Gasteiger partial charge in [-0.25, -0.2) is 0 Å². The predicted molar refractivity (Wildman–Crippen MR) is 65.9 cm³/mol. The maximum atomic E-state index is 11.6. The number of benzene rings is 1. The first kappa shape index (κ1) is 13.5. The maximum absolute atomic E-state index is 11.6. The number of carbonyl (C=O) groups excluding carboxylic acids is 1. The quantitative estimate of drug-likeness (QED) is 0.841. The number of aliphatic hydroxyl groups excluding tert-OH is 1. The molecule has 0 aliphatic heterocycles. The molecule has 1 amide bonds. The summed E-state index contributed by atoms with van der Waals surface area (Å²) < 4.78 is 5.49. The van der Waals surface area contributed by atoms with Gasteiger partial charge in [0.2, 0.25) is 0 Å². The third-order valence-corrected chi connectivity index (χ3v) is 2.70. The highest BCUT2D eigenvalue weighted by molar-refractivity contribution is 5.77. The van der Waals surface area contributed by atoms with Gasteiger partial charge in [0, 0.05) is 19.2 Å². The van der Waals surface area contributed by atoms with E-state index in [4.69, 9.17) is 4.74 Å². The number of rotatable bonds is 5. The van der Waals surface area contributed by atoms with Crippen molar-refractivity contribution in [1.82, 2.24) is 4.90 Å². The molecule has 0 fully saturated rings. The standard InChI is InChI=1S/C13H19NO3/c1-4-14(3)12(16)9-17-13-10(2)6-5-7-11(13)8-15/h5-7,15H,4,8-9H2,1-3H3. The molecule has 0 heterocycles. The highest BCUT2D eigenvalue weighted by Crippen LogP contribution is 2.23. The number of nitrogens with zero attached hydrogens (tertiary/aromatic N) is 1. The van der Waals surface area contributed by atoms with E-state index in [1.165, 1.54) is 0 Å². The molecular formula is C13H19NO3. The fraction of sp³-hybridized carbons (Fsp3) is 0.462. The van der Waals surface area contributed by atoms with Gasteiger partial charge in [0.25, 0.3) is 5.91 Å². The summed E-state index contributed by atoms with van der Waals surface area (Å²) >= 11 is 0. The summed E-state index contributed by atoms with van der Waals surface area (Å²) in [4.78, 5) is 13.2. The van der Waals surface area contributed by atoms with Crippen LogP contribution in [0.25, 0.3) is 0 Å². The van der Waals surface area contributed by atoms with Crippen LogP contribution in [0.5, 0.6) is 5.75 Å². The van der Waals surface area contributed by atoms with Crippen molar-refractivity contribution in [3.63, 3.8) is 0 Å². The summed E-state index contributed by atoms with van der Waals surface area (Å²) in [5, 5.41) is 9.19. The van der Waals surface area contributed by atoms with E-state index in [9.17, 15) is 9.90 Å². The summed E-state index contributed by atoms with van der Waals surface area (Å²) in [6.07, 6.45) is 0. The first-order chi connectivity index (χ1) is 8.10. The third kappa shape index (κ3) is 3.46. The second-order valence-electron chi connectivity index (χ2n) is 3.92. The van der Waals surface area contributed by atoms with E-state index in [2.05, 4.69) is 0 Å². The topological polar surface area (TPSA) is 49.8 Å². The first-order valence-electron chi connectivity index (χ1n) is 5.66. The van der Waals surface area contributed by atoms with Gasteiger partial charge >= 0.3 is 0 Å². The van der Waals surface area contributed by atoms with E-state index in [1.807, 2.05) is 26.0 Å². The number of para-hydroxylation sites is 1. The Bertz CT molecular complexity index is 390. The van der Waals surface area contributed by atoms with Crippen LogP contribution in [0.1, 0.15) is 18.1 Å². The molecule has 0 bridgehead atoms. The Morgan fingerprint density at radius 3 is 2.76 bits per heavy atom. The Hall–Kier alpha value is -1.55. The van der Waals surface area contributed by atoms with Crippen LogP contribution in [-0.4, -0.2) is 36.1 Å². The Morgan fingerprint density at radius 2 is 2.18 bits per heavy atom. The van der Waals surface area contributed by atoms with Crippen LogP contribution in [0.4, 0.5) is 0 Å². The van der Waals surface area contributed by atoms with Crippen LogP contribution in [0.3, 0.4) is 0 Å². The number of carbonyl (C=O) groups is 1. The molecule has 1 aromatic carbocycles. The monoisotopic (exact) mass is 237 g/mol. The largest absolute Gasteiger partial charge is 0.483 e. The number of amides is 1. The summed E-state index contributed by atoms with van der Waals surface area (Å²) in [6, 6.07) is 5.53. The molecule has 0 radical (unpaired) electrons. The van der Waals surface area contributed by atoms with Gasteiger partial charge in [-0.15, -0.1) is 0 Å². The molecule has 0 saturated heterocycles. The van der Waals surface area contributed by atoms with Crippen LogP contribution >= 0.6 is 0 Å². The Balaban J connectivity index is 2.72. The van der Waals surface area contributed by atoms with Gasteiger partial charge in [0.15, 0.2) is 6.61 Å². The van der Waals surface area contributed by atoms with Crippen LogP contribution in [-0.2, 0) is 11.4 Å². The minimum atomic E-state index is -0.0885. The summed E-state index contributed by atoms with van der Waals surface area (Å²) in [5.41, 5.74) is 1.63. The van der Waals surface area contributed by atoms with Gasteiger partial charge in [-0.3, -0.25) is 4.79 Å². The summed E-state index contributed by atoms with van der Waals surface area (Å²) in [5.74, 6) is 0.535. The number of hydrogen-bond acceptors (Lipinski definition) is 3. The van der Waals surface area contributed by atoms with Crippen molar-refractivity contribution in [2.45, 2.75) is 20.5 Å². The lowest BCUT2D eigenvalue weighted by Gasteiger charge is -2.17. The van der Waals surface area contributed by atoms with Gasteiger partial charge in [0.1, 0.15) is 5.75 Å². The summed E-state index contributed by atoms with van der Waals surface area (Å²) in [6.45, 7) is 4.37. The molecule has 0 aliphatic rings. The van der Waals surface area contributed by atoms with E-state index in [0.29, 0.717) is 17.9 Å². The Kier molecular flexibility index (Phi) is 4.97. The van der Waals surface area contributed by atoms with Crippen molar-refractivity contribution in [3.8, 4) is 5.75 Å². The molecule has 0 atom stereocenters. The number of likely N-dealkylation sites (N-methyl/N-ethyl adjacent to an activating group) is 1. The molecule has 1 aromatic rings. The van der Waals surface area contributed by atoms with E-state index in [0.717, 1.165) is 5.56 Å². The van der Waals surface area contributed by atoms with Gasteiger partial charge in [-0.05, 0) is 19.4 Å². The molecule has 0 unspecified atom stereocenters. The molecule has 94 valence electrons. The Labute approximate surface area is 102 Å². The van der Waals surface area contributed by atoms with Crippen molar-refractivity contribution in [2.24, 2.45) is 0 Å². The van der Waals surface area contributed by atoms with Crippen LogP contribution in [0, 0.1) is 6.92 Å². The van der Waals surface area contributed by atoms with Crippen molar-refractivity contribution in [1.29, 1.82) is 0 Å². The van der Waals surface area contributed by atoms with E-state index < -0.39 is 0 Å². The van der Waals surface area contributed by atoms with Gasteiger partial charge in [-0.2, -0.15) is 0 Å². The normalized spacial score (nSPS) is 10.1. The molecule has 0 aromatic heterocycles. The van der Waals surface area contributed by atoms with Crippen molar-refractivity contribution in [3.05, 3.63) is 29.3 Å². The zero-order chi connectivity index (χ0) is 12.8. The summed E-state index contributed by atoms with van der Waals surface area (Å²) in [7, 11) is 1.73. The fourth-order valence-electron chi connectivity index (χ4n) is 1.46. The molecule has 0 spiro atoms. The smallest absolute Gasteiger partial charge is 0.260 e. The zero-order valence-corrected chi connectivity index (χ0v) is 10.6. The molecule has 4 nitrogen and oxygen atoms in total. The average molecular weight is 237 g/mol. The van der Waals surface area contributed by atoms with Gasteiger partial charge < -0.3 is 14.7 Å². The third-order valence-electron chi connectivity index (χ3n) is 2.70. The van der Waals surface area contributed by atoms with Gasteiger partial charge in [0.05, 0.1) is 6.61 Å². The highest BCUT2D eigenvalue weighted by Gasteiger charge is 2.11. The van der Waals surface area contributed by atoms with Crippen LogP contribution in [0.2, 0.25) is 0 Å². The van der Waals surface area contributed by atoms with Gasteiger partial charge in [-0.1, -0.05) is 18.2 Å². The van der Waals surface area contributed by atoms with Crippen LogP contribution in [0.15, 0.2) is 18.2 Å². The van der Waals surface area contributed by atoms with E-state index in [1.54, 1.807) is 18.0 Å². The van der Waals surface area contributed by atoms with E-state index >= 15 is 0 Å². The second-order valence-corrected chi connectivity index (χ2v) is 3.92. The number of ether oxygens (including phenoxy) is 1. The molecule has 4 heteroatoms. The molecule has 17 heavy (non-hydrogen) atoms. The minimum Gasteiger partial charge on any atom is -0.483 e. The zero-order valence-electron chi connectivity index (χ0n) is 10.6. The van der Waals surface area contributed by atoms with Crippen molar-refractivity contribution >= 4 is 5.91 Å². The average Bonchev–Trinajstić information content (AvgIpc) is 2.35. The lowest BCUT2D eigenvalue weighted by atomic mass is 10.1. The minimum absolute atomic E-state index is 0.00218. The SMILES string of the molecule is CCN(C)C(=O)COc1c(C)cccc1CO. The highest BCUT2D eigenvalue weighted by atomic mass is 16.5.